The Labute approximate surface area is 117 Å². The summed E-state index contributed by atoms with van der Waals surface area (Å²) in [5.41, 5.74) is 4.62. The van der Waals surface area contributed by atoms with Gasteiger partial charge >= 0.3 is 0 Å². The zero-order valence-corrected chi connectivity index (χ0v) is 11.5. The molecule has 3 rings (SSSR count). The lowest BCUT2D eigenvalue weighted by atomic mass is 10.1. The highest BCUT2D eigenvalue weighted by molar-refractivity contribution is 6.06. The molecule has 1 aromatic heterocycles. The summed E-state index contributed by atoms with van der Waals surface area (Å²) in [4.78, 5) is 15.5. The third-order valence-electron chi connectivity index (χ3n) is 3.52. The van der Waals surface area contributed by atoms with Crippen LogP contribution in [0.2, 0.25) is 0 Å². The maximum atomic E-state index is 12.3. The third-order valence-corrected chi connectivity index (χ3v) is 3.52. The van der Waals surface area contributed by atoms with E-state index in [2.05, 4.69) is 10.3 Å². The molecule has 3 aromatic rings. The maximum Gasteiger partial charge on any atom is 0.272 e. The summed E-state index contributed by atoms with van der Waals surface area (Å²) in [5.74, 6) is -0.116. The van der Waals surface area contributed by atoms with E-state index in [0.717, 1.165) is 27.7 Å². The number of hydrogen-bond donors (Lipinski definition) is 2. The molecule has 100 valence electrons. The summed E-state index contributed by atoms with van der Waals surface area (Å²) in [5, 5.41) is 4.02. The van der Waals surface area contributed by atoms with Crippen LogP contribution in [0.15, 0.2) is 48.5 Å². The number of rotatable bonds is 2. The van der Waals surface area contributed by atoms with Gasteiger partial charge in [-0.05, 0) is 43.2 Å². The number of aromatic amines is 1. The number of aromatic nitrogens is 1. The van der Waals surface area contributed by atoms with Gasteiger partial charge in [-0.1, -0.05) is 30.3 Å². The molecule has 2 aromatic carbocycles. The summed E-state index contributed by atoms with van der Waals surface area (Å²) in [6, 6.07) is 15.7. The van der Waals surface area contributed by atoms with Crippen LogP contribution in [-0.4, -0.2) is 10.9 Å². The quantitative estimate of drug-likeness (QED) is 0.721. The topological polar surface area (TPSA) is 44.9 Å². The monoisotopic (exact) mass is 264 g/mol. The van der Waals surface area contributed by atoms with E-state index < -0.39 is 0 Å². The van der Waals surface area contributed by atoms with Crippen molar-refractivity contribution in [1.82, 2.24) is 4.98 Å². The van der Waals surface area contributed by atoms with Crippen LogP contribution in [0.4, 0.5) is 5.69 Å². The molecule has 1 heterocycles. The molecule has 0 aliphatic rings. The predicted molar refractivity (Wildman–Crippen MR) is 82.2 cm³/mol. The fourth-order valence-electron chi connectivity index (χ4n) is 2.33. The van der Waals surface area contributed by atoms with Gasteiger partial charge in [0.2, 0.25) is 0 Å². The second-order valence-electron chi connectivity index (χ2n) is 4.99. The van der Waals surface area contributed by atoms with Gasteiger partial charge in [-0.3, -0.25) is 4.79 Å². The Morgan fingerprint density at radius 1 is 1.00 bits per heavy atom. The summed E-state index contributed by atoms with van der Waals surface area (Å²) < 4.78 is 0. The van der Waals surface area contributed by atoms with Crippen molar-refractivity contribution >= 4 is 22.5 Å². The Bertz CT molecular complexity index is 787. The molecule has 0 radical (unpaired) electrons. The van der Waals surface area contributed by atoms with Crippen molar-refractivity contribution in [3.63, 3.8) is 0 Å². The normalized spacial score (nSPS) is 10.7. The van der Waals surface area contributed by atoms with Crippen LogP contribution in [0.1, 0.15) is 21.6 Å². The molecule has 0 saturated heterocycles. The van der Waals surface area contributed by atoms with E-state index in [4.69, 9.17) is 0 Å². The van der Waals surface area contributed by atoms with Crippen molar-refractivity contribution in [3.05, 3.63) is 65.4 Å². The molecule has 0 atom stereocenters. The number of para-hydroxylation sites is 1. The number of amides is 1. The number of hydrogen-bond acceptors (Lipinski definition) is 1. The highest BCUT2D eigenvalue weighted by atomic mass is 16.1. The molecule has 0 aliphatic carbocycles. The molecular formula is C17H16N2O. The van der Waals surface area contributed by atoms with Crippen molar-refractivity contribution in [2.45, 2.75) is 13.8 Å². The van der Waals surface area contributed by atoms with Crippen LogP contribution in [0.25, 0.3) is 10.9 Å². The van der Waals surface area contributed by atoms with Crippen LogP contribution in [0.5, 0.6) is 0 Å². The molecule has 20 heavy (non-hydrogen) atoms. The predicted octanol–water partition coefficient (Wildman–Crippen LogP) is 4.04. The number of aryl methyl sites for hydroxylation is 2. The Balaban J connectivity index is 1.93. The molecule has 0 saturated carbocycles. The van der Waals surface area contributed by atoms with Crippen LogP contribution in [0.3, 0.4) is 0 Å². The largest absolute Gasteiger partial charge is 0.351 e. The van der Waals surface area contributed by atoms with Gasteiger partial charge in [-0.15, -0.1) is 0 Å². The Hall–Kier alpha value is -2.55. The smallest absolute Gasteiger partial charge is 0.272 e. The highest BCUT2D eigenvalue weighted by Gasteiger charge is 2.11. The van der Waals surface area contributed by atoms with Crippen molar-refractivity contribution in [2.75, 3.05) is 5.32 Å². The lowest BCUT2D eigenvalue weighted by Gasteiger charge is -2.06. The van der Waals surface area contributed by atoms with Crippen LogP contribution < -0.4 is 5.32 Å². The van der Waals surface area contributed by atoms with Gasteiger partial charge in [0.05, 0.1) is 0 Å². The molecule has 3 nitrogen and oxygen atoms in total. The van der Waals surface area contributed by atoms with Crippen molar-refractivity contribution in [2.24, 2.45) is 0 Å². The maximum absolute atomic E-state index is 12.3. The number of carbonyl (C=O) groups excluding carboxylic acids is 1. The van der Waals surface area contributed by atoms with Crippen LogP contribution in [-0.2, 0) is 0 Å². The van der Waals surface area contributed by atoms with Crippen molar-refractivity contribution in [1.29, 1.82) is 0 Å². The van der Waals surface area contributed by atoms with Gasteiger partial charge < -0.3 is 10.3 Å². The standard InChI is InChI=1S/C17H16N2O/c1-11-7-5-9-15-13(11)10-16(18-15)17(20)19-14-8-4-3-6-12(14)2/h3-10,18H,1-2H3,(H,19,20). The first-order valence-corrected chi connectivity index (χ1v) is 6.60. The fraction of sp³-hybridized carbons (Fsp3) is 0.118. The van der Waals surface area contributed by atoms with E-state index in [9.17, 15) is 4.79 Å². The molecule has 0 aliphatic heterocycles. The minimum atomic E-state index is -0.116. The summed E-state index contributed by atoms with van der Waals surface area (Å²) in [7, 11) is 0. The molecule has 0 spiro atoms. The van der Waals surface area contributed by atoms with Gasteiger partial charge in [-0.25, -0.2) is 0 Å². The second-order valence-corrected chi connectivity index (χ2v) is 4.99. The SMILES string of the molecule is Cc1ccccc1NC(=O)c1cc2c(C)cccc2[nH]1. The molecule has 0 unspecified atom stereocenters. The molecular weight excluding hydrogens is 248 g/mol. The van der Waals surface area contributed by atoms with E-state index in [1.54, 1.807) is 0 Å². The van der Waals surface area contributed by atoms with Gasteiger partial charge in [-0.2, -0.15) is 0 Å². The van der Waals surface area contributed by atoms with E-state index in [-0.39, 0.29) is 5.91 Å². The summed E-state index contributed by atoms with van der Waals surface area (Å²) in [6.07, 6.45) is 0. The zero-order valence-electron chi connectivity index (χ0n) is 11.5. The Kier molecular flexibility index (Phi) is 3.03. The second kappa shape index (κ2) is 4.85. The number of carbonyl (C=O) groups is 1. The zero-order chi connectivity index (χ0) is 14.1. The number of anilines is 1. The van der Waals surface area contributed by atoms with Gasteiger partial charge in [0.25, 0.3) is 5.91 Å². The lowest BCUT2D eigenvalue weighted by molar-refractivity contribution is 0.102. The van der Waals surface area contributed by atoms with Crippen LogP contribution in [0, 0.1) is 13.8 Å². The highest BCUT2D eigenvalue weighted by Crippen LogP contribution is 2.20. The molecule has 3 heteroatoms. The van der Waals surface area contributed by atoms with Gasteiger partial charge in [0, 0.05) is 16.6 Å². The molecule has 1 amide bonds. The van der Waals surface area contributed by atoms with E-state index in [1.165, 1.54) is 0 Å². The number of benzene rings is 2. The molecule has 0 bridgehead atoms. The molecule has 0 fully saturated rings. The van der Waals surface area contributed by atoms with Gasteiger partial charge in [0.15, 0.2) is 0 Å². The van der Waals surface area contributed by atoms with Crippen LogP contribution >= 0.6 is 0 Å². The summed E-state index contributed by atoms with van der Waals surface area (Å²) in [6.45, 7) is 4.02. The minimum absolute atomic E-state index is 0.116. The summed E-state index contributed by atoms with van der Waals surface area (Å²) >= 11 is 0. The third kappa shape index (κ3) is 2.18. The molecule has 2 N–H and O–H groups in total. The van der Waals surface area contributed by atoms with E-state index in [0.29, 0.717) is 5.69 Å². The van der Waals surface area contributed by atoms with Crippen molar-refractivity contribution < 1.29 is 4.79 Å². The first-order chi connectivity index (χ1) is 9.65. The first kappa shape index (κ1) is 12.5. The Morgan fingerprint density at radius 2 is 1.75 bits per heavy atom. The van der Waals surface area contributed by atoms with Gasteiger partial charge in [0.1, 0.15) is 5.69 Å². The lowest BCUT2D eigenvalue weighted by Crippen LogP contribution is -2.12. The minimum Gasteiger partial charge on any atom is -0.351 e. The Morgan fingerprint density at radius 3 is 2.50 bits per heavy atom. The fourth-order valence-corrected chi connectivity index (χ4v) is 2.33. The average Bonchev–Trinajstić information content (AvgIpc) is 2.87. The van der Waals surface area contributed by atoms with Crippen molar-refractivity contribution in [3.8, 4) is 0 Å². The number of H-pyrrole nitrogens is 1. The average molecular weight is 264 g/mol. The number of nitrogens with one attached hydrogen (secondary N) is 2. The first-order valence-electron chi connectivity index (χ1n) is 6.60. The van der Waals surface area contributed by atoms with E-state index >= 15 is 0 Å². The van der Waals surface area contributed by atoms with E-state index in [1.807, 2.05) is 62.4 Å². The number of fused-ring (bicyclic) bond motifs is 1.